The number of nitrogens with one attached hydrogen (secondary N) is 2. The Kier molecular flexibility index (Phi) is 6.08. The normalized spacial score (nSPS) is 10.5. The fourth-order valence-electron chi connectivity index (χ4n) is 2.84. The number of ether oxygens (including phenoxy) is 1. The van der Waals surface area contributed by atoms with Crippen molar-refractivity contribution in [3.63, 3.8) is 0 Å². The van der Waals surface area contributed by atoms with Crippen LogP contribution in [0, 0.1) is 6.92 Å². The van der Waals surface area contributed by atoms with Crippen molar-refractivity contribution in [2.75, 3.05) is 13.7 Å². The van der Waals surface area contributed by atoms with Gasteiger partial charge in [0.05, 0.1) is 7.11 Å². The van der Waals surface area contributed by atoms with Crippen LogP contribution < -0.4 is 10.1 Å². The molecular weight excluding hydrogens is 308 g/mol. The maximum absolute atomic E-state index is 5.29. The summed E-state index contributed by atoms with van der Waals surface area (Å²) < 4.78 is 5.29. The second kappa shape index (κ2) is 8.04. The quantitative estimate of drug-likeness (QED) is 0.663. The van der Waals surface area contributed by atoms with Crippen LogP contribution in [0.3, 0.4) is 0 Å². The molecule has 4 heteroatoms. The number of fused-ring (bicyclic) bond motifs is 1. The molecular formula is C19H23ClN2O. The largest absolute Gasteiger partial charge is 0.496 e. The topological polar surface area (TPSA) is 37.0 Å². The zero-order valence-electron chi connectivity index (χ0n) is 13.6. The molecule has 0 aliphatic carbocycles. The van der Waals surface area contributed by atoms with E-state index in [-0.39, 0.29) is 12.4 Å². The van der Waals surface area contributed by atoms with Gasteiger partial charge in [-0.05, 0) is 48.7 Å². The smallest absolute Gasteiger partial charge is 0.121 e. The molecule has 2 aromatic carbocycles. The minimum atomic E-state index is 0. The highest BCUT2D eigenvalue weighted by Crippen LogP contribution is 2.19. The molecule has 23 heavy (non-hydrogen) atoms. The van der Waals surface area contributed by atoms with E-state index in [2.05, 4.69) is 59.8 Å². The van der Waals surface area contributed by atoms with E-state index < -0.39 is 0 Å². The third kappa shape index (κ3) is 4.06. The van der Waals surface area contributed by atoms with Crippen molar-refractivity contribution in [2.45, 2.75) is 19.9 Å². The van der Waals surface area contributed by atoms with Gasteiger partial charge >= 0.3 is 0 Å². The van der Waals surface area contributed by atoms with Crippen LogP contribution >= 0.6 is 12.4 Å². The maximum atomic E-state index is 5.29. The number of hydrogen-bond donors (Lipinski definition) is 2. The predicted octanol–water partition coefficient (Wildman–Crippen LogP) is 4.24. The van der Waals surface area contributed by atoms with Gasteiger partial charge in [-0.3, -0.25) is 0 Å². The maximum Gasteiger partial charge on any atom is 0.121 e. The SMILES string of the molecule is COc1ccc(CNCCc2c[nH]c3ccccc23)cc1C.Cl. The first-order chi connectivity index (χ1) is 10.8. The van der Waals surface area contributed by atoms with Gasteiger partial charge in [-0.25, -0.2) is 0 Å². The standard InChI is InChI=1S/C19H22N2O.ClH/c1-14-11-15(7-8-19(14)22-2)12-20-10-9-16-13-21-18-6-4-3-5-17(16)18;/h3-8,11,13,20-21H,9-10,12H2,1-2H3;1H. The minimum Gasteiger partial charge on any atom is -0.496 e. The first kappa shape index (κ1) is 17.4. The summed E-state index contributed by atoms with van der Waals surface area (Å²) in [4.78, 5) is 3.33. The van der Waals surface area contributed by atoms with Gasteiger partial charge < -0.3 is 15.0 Å². The number of halogens is 1. The molecule has 2 N–H and O–H groups in total. The molecule has 1 aromatic heterocycles. The molecule has 3 rings (SSSR count). The Bertz CT molecular complexity index is 767. The number of methoxy groups -OCH3 is 1. The Hall–Kier alpha value is -1.97. The summed E-state index contributed by atoms with van der Waals surface area (Å²) >= 11 is 0. The summed E-state index contributed by atoms with van der Waals surface area (Å²) in [7, 11) is 1.71. The zero-order valence-corrected chi connectivity index (χ0v) is 14.4. The summed E-state index contributed by atoms with van der Waals surface area (Å²) in [5.74, 6) is 0.947. The van der Waals surface area contributed by atoms with E-state index in [1.807, 2.05) is 6.07 Å². The van der Waals surface area contributed by atoms with Crippen molar-refractivity contribution in [2.24, 2.45) is 0 Å². The lowest BCUT2D eigenvalue weighted by molar-refractivity contribution is 0.411. The van der Waals surface area contributed by atoms with E-state index in [9.17, 15) is 0 Å². The number of hydrogen-bond acceptors (Lipinski definition) is 2. The number of aryl methyl sites for hydroxylation is 1. The van der Waals surface area contributed by atoms with Gasteiger partial charge in [0.25, 0.3) is 0 Å². The Morgan fingerprint density at radius 3 is 2.74 bits per heavy atom. The van der Waals surface area contributed by atoms with Gasteiger partial charge in [-0.2, -0.15) is 0 Å². The Balaban J connectivity index is 0.00000192. The molecule has 0 aliphatic rings. The molecule has 0 radical (unpaired) electrons. The molecule has 0 spiro atoms. The third-order valence-corrected chi connectivity index (χ3v) is 4.03. The second-order valence-corrected chi connectivity index (χ2v) is 5.59. The van der Waals surface area contributed by atoms with Gasteiger partial charge in [0.15, 0.2) is 0 Å². The van der Waals surface area contributed by atoms with Crippen molar-refractivity contribution in [3.05, 3.63) is 65.4 Å². The number of rotatable bonds is 6. The van der Waals surface area contributed by atoms with Crippen LogP contribution in [0.1, 0.15) is 16.7 Å². The van der Waals surface area contributed by atoms with E-state index in [0.29, 0.717) is 0 Å². The summed E-state index contributed by atoms with van der Waals surface area (Å²) in [5.41, 5.74) is 5.05. The fourth-order valence-corrected chi connectivity index (χ4v) is 2.84. The highest BCUT2D eigenvalue weighted by molar-refractivity contribution is 5.85. The average molecular weight is 331 g/mol. The molecule has 122 valence electrons. The Morgan fingerprint density at radius 1 is 1.13 bits per heavy atom. The van der Waals surface area contributed by atoms with E-state index in [1.165, 1.54) is 27.6 Å². The first-order valence-electron chi connectivity index (χ1n) is 7.67. The molecule has 0 atom stereocenters. The van der Waals surface area contributed by atoms with Crippen LogP contribution in [-0.2, 0) is 13.0 Å². The van der Waals surface area contributed by atoms with Crippen molar-refractivity contribution < 1.29 is 4.74 Å². The monoisotopic (exact) mass is 330 g/mol. The van der Waals surface area contributed by atoms with Crippen LogP contribution in [0.15, 0.2) is 48.7 Å². The van der Waals surface area contributed by atoms with Gasteiger partial charge in [0.1, 0.15) is 5.75 Å². The van der Waals surface area contributed by atoms with Gasteiger partial charge in [0, 0.05) is 23.6 Å². The van der Waals surface area contributed by atoms with E-state index in [0.717, 1.165) is 25.3 Å². The van der Waals surface area contributed by atoms with Crippen molar-refractivity contribution in [1.29, 1.82) is 0 Å². The van der Waals surface area contributed by atoms with E-state index in [4.69, 9.17) is 4.74 Å². The van der Waals surface area contributed by atoms with Gasteiger partial charge in [-0.1, -0.05) is 30.3 Å². The molecule has 3 aromatic rings. The summed E-state index contributed by atoms with van der Waals surface area (Å²) in [6, 6.07) is 14.8. The number of aromatic amines is 1. The molecule has 3 nitrogen and oxygen atoms in total. The first-order valence-corrected chi connectivity index (χ1v) is 7.67. The van der Waals surface area contributed by atoms with Crippen LogP contribution in [0.25, 0.3) is 10.9 Å². The molecule has 0 amide bonds. The molecule has 0 unspecified atom stereocenters. The molecule has 0 aliphatic heterocycles. The van der Waals surface area contributed by atoms with Gasteiger partial charge in [-0.15, -0.1) is 12.4 Å². The van der Waals surface area contributed by atoms with Crippen molar-refractivity contribution in [1.82, 2.24) is 10.3 Å². The lowest BCUT2D eigenvalue weighted by Gasteiger charge is -2.08. The summed E-state index contributed by atoms with van der Waals surface area (Å²) in [6.07, 6.45) is 3.14. The number of benzene rings is 2. The Labute approximate surface area is 143 Å². The molecule has 0 saturated carbocycles. The highest BCUT2D eigenvalue weighted by atomic mass is 35.5. The third-order valence-electron chi connectivity index (χ3n) is 4.03. The highest BCUT2D eigenvalue weighted by Gasteiger charge is 2.03. The van der Waals surface area contributed by atoms with Gasteiger partial charge in [0.2, 0.25) is 0 Å². The van der Waals surface area contributed by atoms with Crippen LogP contribution in [0.4, 0.5) is 0 Å². The molecule has 1 heterocycles. The number of H-pyrrole nitrogens is 1. The second-order valence-electron chi connectivity index (χ2n) is 5.59. The fraction of sp³-hybridized carbons (Fsp3) is 0.263. The van der Waals surface area contributed by atoms with Crippen molar-refractivity contribution in [3.8, 4) is 5.75 Å². The molecule has 0 saturated heterocycles. The van der Waals surface area contributed by atoms with E-state index in [1.54, 1.807) is 7.11 Å². The average Bonchev–Trinajstić information content (AvgIpc) is 2.95. The zero-order chi connectivity index (χ0) is 15.4. The molecule has 0 bridgehead atoms. The Morgan fingerprint density at radius 2 is 1.96 bits per heavy atom. The number of aromatic nitrogens is 1. The van der Waals surface area contributed by atoms with Crippen LogP contribution in [-0.4, -0.2) is 18.6 Å². The minimum absolute atomic E-state index is 0. The van der Waals surface area contributed by atoms with Crippen LogP contribution in [0.2, 0.25) is 0 Å². The van der Waals surface area contributed by atoms with E-state index >= 15 is 0 Å². The summed E-state index contributed by atoms with van der Waals surface area (Å²) in [6.45, 7) is 3.92. The molecule has 0 fully saturated rings. The van der Waals surface area contributed by atoms with Crippen LogP contribution in [0.5, 0.6) is 5.75 Å². The lowest BCUT2D eigenvalue weighted by atomic mass is 10.1. The lowest BCUT2D eigenvalue weighted by Crippen LogP contribution is -2.16. The summed E-state index contributed by atoms with van der Waals surface area (Å²) in [5, 5.41) is 4.84. The number of para-hydroxylation sites is 1. The van der Waals surface area contributed by atoms with Crippen molar-refractivity contribution >= 4 is 23.3 Å². The predicted molar refractivity (Wildman–Crippen MR) is 98.7 cm³/mol.